The first kappa shape index (κ1) is 12.6. The number of carbonyl (C=O) groups is 1. The number of aryl methyl sites for hydroxylation is 2. The van der Waals surface area contributed by atoms with Crippen LogP contribution in [-0.4, -0.2) is 11.1 Å². The van der Waals surface area contributed by atoms with Crippen molar-refractivity contribution in [3.63, 3.8) is 0 Å². The van der Waals surface area contributed by atoms with Crippen molar-refractivity contribution < 1.29 is 9.32 Å². The van der Waals surface area contributed by atoms with E-state index in [0.29, 0.717) is 17.1 Å². The first-order valence-corrected chi connectivity index (χ1v) is 6.07. The van der Waals surface area contributed by atoms with Crippen molar-refractivity contribution in [1.29, 1.82) is 0 Å². The molecule has 0 radical (unpaired) electrons. The third kappa shape index (κ3) is 2.53. The van der Waals surface area contributed by atoms with Crippen molar-refractivity contribution in [3.8, 4) is 0 Å². The summed E-state index contributed by atoms with van der Waals surface area (Å²) in [5.41, 5.74) is 8.05. The van der Waals surface area contributed by atoms with E-state index in [1.54, 1.807) is 19.1 Å². The smallest absolute Gasteiger partial charge is 0.277 e. The van der Waals surface area contributed by atoms with Crippen LogP contribution in [0.15, 0.2) is 27.2 Å². The van der Waals surface area contributed by atoms with Gasteiger partial charge in [-0.3, -0.25) is 4.79 Å². The van der Waals surface area contributed by atoms with Gasteiger partial charge in [-0.25, -0.2) is 0 Å². The molecule has 0 aliphatic carbocycles. The Hall–Kier alpha value is -1.82. The average Bonchev–Trinajstić information content (AvgIpc) is 2.70. The quantitative estimate of drug-likeness (QED) is 0.836. The largest absolute Gasteiger partial charge is 0.397 e. The summed E-state index contributed by atoms with van der Waals surface area (Å²) in [4.78, 5) is 11.9. The van der Waals surface area contributed by atoms with Crippen LogP contribution in [0.2, 0.25) is 0 Å². The first-order chi connectivity index (χ1) is 8.47. The van der Waals surface area contributed by atoms with Gasteiger partial charge in [-0.1, -0.05) is 21.1 Å². The highest BCUT2D eigenvalue weighted by Gasteiger charge is 2.14. The third-order valence-corrected chi connectivity index (χ3v) is 2.89. The van der Waals surface area contributed by atoms with Crippen LogP contribution in [0.5, 0.6) is 0 Å². The van der Waals surface area contributed by atoms with Crippen LogP contribution in [0.4, 0.5) is 11.4 Å². The number of benzene rings is 1. The second kappa shape index (κ2) is 4.81. The molecule has 0 atom stereocenters. The van der Waals surface area contributed by atoms with E-state index in [-0.39, 0.29) is 11.6 Å². The summed E-state index contributed by atoms with van der Waals surface area (Å²) < 4.78 is 5.72. The molecule has 1 aromatic heterocycles. The maximum atomic E-state index is 11.9. The number of amides is 1. The molecule has 0 bridgehead atoms. The molecule has 0 aliphatic rings. The highest BCUT2D eigenvalue weighted by Crippen LogP contribution is 2.28. The fraction of sp³-hybridized carbons (Fsp3) is 0.167. The summed E-state index contributed by atoms with van der Waals surface area (Å²) in [5.74, 6) is 0.240. The van der Waals surface area contributed by atoms with Gasteiger partial charge in [-0.15, -0.1) is 0 Å². The number of rotatable bonds is 2. The van der Waals surface area contributed by atoms with Crippen LogP contribution in [-0.2, 0) is 0 Å². The second-order valence-corrected chi connectivity index (χ2v) is 4.88. The van der Waals surface area contributed by atoms with Gasteiger partial charge in [0.1, 0.15) is 5.76 Å². The molecule has 0 saturated heterocycles. The molecule has 18 heavy (non-hydrogen) atoms. The zero-order valence-corrected chi connectivity index (χ0v) is 11.5. The van der Waals surface area contributed by atoms with Crippen molar-refractivity contribution >= 4 is 33.2 Å². The minimum absolute atomic E-state index is 0.231. The van der Waals surface area contributed by atoms with Crippen molar-refractivity contribution in [2.45, 2.75) is 13.8 Å². The Labute approximate surface area is 112 Å². The van der Waals surface area contributed by atoms with E-state index in [1.165, 1.54) is 0 Å². The fourth-order valence-electron chi connectivity index (χ4n) is 1.59. The van der Waals surface area contributed by atoms with Crippen LogP contribution in [0.3, 0.4) is 0 Å². The maximum absolute atomic E-state index is 11.9. The summed E-state index contributed by atoms with van der Waals surface area (Å²) in [6, 6.07) is 5.18. The van der Waals surface area contributed by atoms with Gasteiger partial charge in [-0.2, -0.15) is 0 Å². The van der Waals surface area contributed by atoms with Gasteiger partial charge in [0, 0.05) is 10.5 Å². The van der Waals surface area contributed by atoms with E-state index in [2.05, 4.69) is 26.4 Å². The number of nitrogens with zero attached hydrogens (tertiary/aromatic N) is 1. The summed E-state index contributed by atoms with van der Waals surface area (Å²) in [6.07, 6.45) is 0. The molecule has 0 spiro atoms. The number of halogens is 1. The molecule has 1 amide bonds. The van der Waals surface area contributed by atoms with E-state index < -0.39 is 0 Å². The zero-order chi connectivity index (χ0) is 13.3. The molecule has 1 heterocycles. The molecular formula is C12H12BrN3O2. The molecule has 2 rings (SSSR count). The van der Waals surface area contributed by atoms with E-state index in [1.807, 2.05) is 13.0 Å². The van der Waals surface area contributed by atoms with Gasteiger partial charge in [0.25, 0.3) is 5.91 Å². The van der Waals surface area contributed by atoms with E-state index in [0.717, 1.165) is 10.0 Å². The molecule has 1 aromatic carbocycles. The van der Waals surface area contributed by atoms with E-state index >= 15 is 0 Å². The number of nitrogens with one attached hydrogen (secondary N) is 1. The minimum Gasteiger partial charge on any atom is -0.397 e. The van der Waals surface area contributed by atoms with Crippen LogP contribution < -0.4 is 11.1 Å². The maximum Gasteiger partial charge on any atom is 0.277 e. The number of carbonyl (C=O) groups excluding carboxylic acids is 1. The van der Waals surface area contributed by atoms with E-state index in [9.17, 15) is 4.79 Å². The number of nitrogens with two attached hydrogens (primary N) is 1. The van der Waals surface area contributed by atoms with E-state index in [4.69, 9.17) is 10.3 Å². The van der Waals surface area contributed by atoms with Crippen molar-refractivity contribution in [3.05, 3.63) is 39.7 Å². The molecule has 0 fully saturated rings. The van der Waals surface area contributed by atoms with Crippen molar-refractivity contribution in [2.75, 3.05) is 11.1 Å². The summed E-state index contributed by atoms with van der Waals surface area (Å²) in [5, 5.41) is 6.38. The van der Waals surface area contributed by atoms with Gasteiger partial charge in [-0.05, 0) is 31.5 Å². The standard InChI is InChI=1S/C12H12BrN3O2/c1-6-3-8(13)5-9(14)11(6)15-12(17)10-4-7(2)18-16-10/h3-5H,14H2,1-2H3,(H,15,17). The lowest BCUT2D eigenvalue weighted by Gasteiger charge is -2.10. The number of hydrogen-bond donors (Lipinski definition) is 2. The topological polar surface area (TPSA) is 81.2 Å². The summed E-state index contributed by atoms with van der Waals surface area (Å²) in [6.45, 7) is 3.59. The Balaban J connectivity index is 2.27. The Morgan fingerprint density at radius 2 is 2.11 bits per heavy atom. The summed E-state index contributed by atoms with van der Waals surface area (Å²) in [7, 11) is 0. The Kier molecular flexibility index (Phi) is 3.38. The molecule has 5 nitrogen and oxygen atoms in total. The molecule has 0 unspecified atom stereocenters. The normalized spacial score (nSPS) is 10.4. The van der Waals surface area contributed by atoms with Gasteiger partial charge in [0.05, 0.1) is 11.4 Å². The lowest BCUT2D eigenvalue weighted by Crippen LogP contribution is -2.14. The molecule has 94 valence electrons. The van der Waals surface area contributed by atoms with Gasteiger partial charge >= 0.3 is 0 Å². The molecule has 2 aromatic rings. The molecule has 0 saturated carbocycles. The first-order valence-electron chi connectivity index (χ1n) is 5.27. The number of aromatic nitrogens is 1. The monoisotopic (exact) mass is 309 g/mol. The summed E-state index contributed by atoms with van der Waals surface area (Å²) >= 11 is 3.34. The SMILES string of the molecule is Cc1cc(C(=O)Nc2c(C)cc(Br)cc2N)no1. The predicted molar refractivity (Wildman–Crippen MR) is 72.5 cm³/mol. The molecule has 6 heteroatoms. The molecule has 0 aliphatic heterocycles. The van der Waals surface area contributed by atoms with Gasteiger partial charge in [0.2, 0.25) is 0 Å². The number of hydrogen-bond acceptors (Lipinski definition) is 4. The van der Waals surface area contributed by atoms with Crippen LogP contribution >= 0.6 is 15.9 Å². The highest BCUT2D eigenvalue weighted by molar-refractivity contribution is 9.10. The molecular weight excluding hydrogens is 298 g/mol. The lowest BCUT2D eigenvalue weighted by atomic mass is 10.1. The van der Waals surface area contributed by atoms with Gasteiger partial charge < -0.3 is 15.6 Å². The molecule has 3 N–H and O–H groups in total. The third-order valence-electron chi connectivity index (χ3n) is 2.43. The predicted octanol–water partition coefficient (Wildman–Crippen LogP) is 2.89. The second-order valence-electron chi connectivity index (χ2n) is 3.96. The Bertz CT molecular complexity index is 584. The fourth-order valence-corrected chi connectivity index (χ4v) is 2.18. The number of anilines is 2. The lowest BCUT2D eigenvalue weighted by molar-refractivity contribution is 0.101. The zero-order valence-electron chi connectivity index (χ0n) is 9.95. The Morgan fingerprint density at radius 3 is 2.67 bits per heavy atom. The van der Waals surface area contributed by atoms with Crippen LogP contribution in [0, 0.1) is 13.8 Å². The average molecular weight is 310 g/mol. The Morgan fingerprint density at radius 1 is 1.39 bits per heavy atom. The highest BCUT2D eigenvalue weighted by atomic mass is 79.9. The van der Waals surface area contributed by atoms with Crippen LogP contribution in [0.25, 0.3) is 0 Å². The van der Waals surface area contributed by atoms with Gasteiger partial charge in [0.15, 0.2) is 5.69 Å². The minimum atomic E-state index is -0.344. The number of nitrogen functional groups attached to an aromatic ring is 1. The van der Waals surface area contributed by atoms with Crippen molar-refractivity contribution in [2.24, 2.45) is 0 Å². The van der Waals surface area contributed by atoms with Crippen molar-refractivity contribution in [1.82, 2.24) is 5.16 Å². The van der Waals surface area contributed by atoms with Crippen LogP contribution in [0.1, 0.15) is 21.8 Å².